The van der Waals surface area contributed by atoms with Crippen molar-refractivity contribution in [3.8, 4) is 5.75 Å². The highest BCUT2D eigenvalue weighted by atomic mass is 19.4. The molecule has 0 heterocycles. The first-order chi connectivity index (χ1) is 8.29. The number of rotatable bonds is 5. The molecule has 1 aromatic rings. The van der Waals surface area contributed by atoms with Gasteiger partial charge in [0.05, 0.1) is 6.54 Å². The highest BCUT2D eigenvalue weighted by Crippen LogP contribution is 2.20. The van der Waals surface area contributed by atoms with Crippen molar-refractivity contribution in [3.05, 3.63) is 29.8 Å². The van der Waals surface area contributed by atoms with Gasteiger partial charge in [-0.1, -0.05) is 6.07 Å². The summed E-state index contributed by atoms with van der Waals surface area (Å²) in [6, 6.07) is 3.39. The van der Waals surface area contributed by atoms with Gasteiger partial charge in [-0.3, -0.25) is 0 Å². The summed E-state index contributed by atoms with van der Waals surface area (Å²) in [6.45, 7) is 0.162. The Morgan fingerprint density at radius 1 is 1.28 bits per heavy atom. The molecule has 0 amide bonds. The molecule has 18 heavy (non-hydrogen) atoms. The lowest BCUT2D eigenvalue weighted by atomic mass is 10.3. The van der Waals surface area contributed by atoms with Crippen LogP contribution in [0.1, 0.15) is 6.92 Å². The number of benzene rings is 1. The Labute approximate surface area is 101 Å². The maximum absolute atomic E-state index is 13.2. The van der Waals surface area contributed by atoms with Crippen LogP contribution in [0.5, 0.6) is 5.75 Å². The minimum atomic E-state index is -4.32. The van der Waals surface area contributed by atoms with Crippen molar-refractivity contribution in [2.45, 2.75) is 19.2 Å². The molecule has 7 heteroatoms. The lowest BCUT2D eigenvalue weighted by Crippen LogP contribution is -2.35. The molecular weight excluding hydrogens is 257 g/mol. The summed E-state index contributed by atoms with van der Waals surface area (Å²) in [7, 11) is 0. The molecule has 0 aromatic heterocycles. The molecule has 0 aliphatic rings. The molecule has 0 aliphatic heterocycles. The smallest absolute Gasteiger partial charge is 0.401 e. The van der Waals surface area contributed by atoms with E-state index in [2.05, 4.69) is 5.32 Å². The Kier molecular flexibility index (Phi) is 4.89. The van der Waals surface area contributed by atoms with Gasteiger partial charge in [0.25, 0.3) is 0 Å². The van der Waals surface area contributed by atoms with Crippen molar-refractivity contribution in [1.82, 2.24) is 5.32 Å². The average Bonchev–Trinajstić information content (AvgIpc) is 2.23. The van der Waals surface area contributed by atoms with Crippen LogP contribution in [-0.2, 0) is 0 Å². The summed E-state index contributed by atoms with van der Waals surface area (Å²) in [5.41, 5.74) is 0. The molecule has 0 bridgehead atoms. The van der Waals surface area contributed by atoms with Crippen molar-refractivity contribution in [2.24, 2.45) is 0 Å². The third-order valence-electron chi connectivity index (χ3n) is 2.00. The van der Waals surface area contributed by atoms with E-state index in [0.29, 0.717) is 0 Å². The molecule has 0 saturated heterocycles. The second-order valence-electron chi connectivity index (χ2n) is 3.73. The zero-order valence-electron chi connectivity index (χ0n) is 9.52. The van der Waals surface area contributed by atoms with Crippen molar-refractivity contribution in [1.29, 1.82) is 0 Å². The first kappa shape index (κ1) is 14.7. The SMILES string of the molecule is CC(CNCC(F)(F)F)Oc1cccc(F)c1F. The van der Waals surface area contributed by atoms with Crippen LogP contribution in [0, 0.1) is 11.6 Å². The predicted molar refractivity (Wildman–Crippen MR) is 55.4 cm³/mol. The minimum Gasteiger partial charge on any atom is -0.486 e. The molecular formula is C11H12F5NO. The molecule has 2 nitrogen and oxygen atoms in total. The van der Waals surface area contributed by atoms with E-state index in [4.69, 9.17) is 4.74 Å². The van der Waals surface area contributed by atoms with Gasteiger partial charge in [-0.2, -0.15) is 17.6 Å². The van der Waals surface area contributed by atoms with Gasteiger partial charge in [-0.05, 0) is 19.1 Å². The Hall–Kier alpha value is -1.37. The lowest BCUT2D eigenvalue weighted by molar-refractivity contribution is -0.125. The summed E-state index contributed by atoms with van der Waals surface area (Å²) in [5.74, 6) is -2.54. The van der Waals surface area contributed by atoms with E-state index in [-0.39, 0.29) is 12.3 Å². The number of hydrogen-bond acceptors (Lipinski definition) is 2. The van der Waals surface area contributed by atoms with Crippen LogP contribution in [0.15, 0.2) is 18.2 Å². The molecule has 0 fully saturated rings. The molecule has 1 N–H and O–H groups in total. The van der Waals surface area contributed by atoms with Gasteiger partial charge in [0.2, 0.25) is 5.82 Å². The summed E-state index contributed by atoms with van der Waals surface area (Å²) in [4.78, 5) is 0. The molecule has 1 atom stereocenters. The second kappa shape index (κ2) is 5.99. The molecule has 0 radical (unpaired) electrons. The first-order valence-electron chi connectivity index (χ1n) is 5.18. The zero-order valence-corrected chi connectivity index (χ0v) is 9.52. The fraction of sp³-hybridized carbons (Fsp3) is 0.455. The van der Waals surface area contributed by atoms with Gasteiger partial charge in [-0.25, -0.2) is 4.39 Å². The molecule has 0 aliphatic carbocycles. The first-order valence-corrected chi connectivity index (χ1v) is 5.18. The van der Waals surface area contributed by atoms with Crippen LogP contribution in [0.3, 0.4) is 0 Å². The van der Waals surface area contributed by atoms with Crippen molar-refractivity contribution < 1.29 is 26.7 Å². The molecule has 1 rings (SSSR count). The number of hydrogen-bond donors (Lipinski definition) is 1. The molecule has 1 aromatic carbocycles. The van der Waals surface area contributed by atoms with Gasteiger partial charge in [0, 0.05) is 6.54 Å². The van der Waals surface area contributed by atoms with Crippen LogP contribution in [-0.4, -0.2) is 25.4 Å². The Morgan fingerprint density at radius 3 is 2.56 bits per heavy atom. The topological polar surface area (TPSA) is 21.3 Å². The summed E-state index contributed by atoms with van der Waals surface area (Å²) >= 11 is 0. The third kappa shape index (κ3) is 4.87. The van der Waals surface area contributed by atoms with Crippen molar-refractivity contribution in [3.63, 3.8) is 0 Å². The lowest BCUT2D eigenvalue weighted by Gasteiger charge is -2.16. The fourth-order valence-electron chi connectivity index (χ4n) is 1.25. The van der Waals surface area contributed by atoms with E-state index >= 15 is 0 Å². The van der Waals surface area contributed by atoms with Gasteiger partial charge < -0.3 is 10.1 Å². The van der Waals surface area contributed by atoms with E-state index in [1.165, 1.54) is 19.1 Å². The number of alkyl halides is 3. The fourth-order valence-corrected chi connectivity index (χ4v) is 1.25. The van der Waals surface area contributed by atoms with Crippen LogP contribution in [0.4, 0.5) is 22.0 Å². The minimum absolute atomic E-state index is 0.130. The zero-order chi connectivity index (χ0) is 13.8. The maximum Gasteiger partial charge on any atom is 0.401 e. The maximum atomic E-state index is 13.2. The molecule has 1 unspecified atom stereocenters. The summed E-state index contributed by atoms with van der Waals surface area (Å²) in [6.07, 6.45) is -5.03. The number of nitrogens with one attached hydrogen (secondary N) is 1. The van der Waals surface area contributed by atoms with Crippen molar-refractivity contribution in [2.75, 3.05) is 13.1 Å². The highest BCUT2D eigenvalue weighted by Gasteiger charge is 2.26. The van der Waals surface area contributed by atoms with E-state index in [1.807, 2.05) is 0 Å². The van der Waals surface area contributed by atoms with Crippen LogP contribution < -0.4 is 10.1 Å². The average molecular weight is 269 g/mol. The van der Waals surface area contributed by atoms with Crippen molar-refractivity contribution >= 4 is 0 Å². The summed E-state index contributed by atoms with van der Waals surface area (Å²) < 4.78 is 66.5. The van der Waals surface area contributed by atoms with Crippen LogP contribution in [0.25, 0.3) is 0 Å². The Balaban J connectivity index is 2.45. The summed E-state index contributed by atoms with van der Waals surface area (Å²) in [5, 5.41) is 2.11. The van der Waals surface area contributed by atoms with E-state index < -0.39 is 30.5 Å². The molecule has 0 spiro atoms. The van der Waals surface area contributed by atoms with Crippen LogP contribution in [0.2, 0.25) is 0 Å². The monoisotopic (exact) mass is 269 g/mol. The number of ether oxygens (including phenoxy) is 1. The number of halogens is 5. The molecule has 0 saturated carbocycles. The Morgan fingerprint density at radius 2 is 1.94 bits per heavy atom. The van der Waals surface area contributed by atoms with E-state index in [9.17, 15) is 22.0 Å². The largest absolute Gasteiger partial charge is 0.486 e. The highest BCUT2D eigenvalue weighted by molar-refractivity contribution is 5.25. The predicted octanol–water partition coefficient (Wildman–Crippen LogP) is 2.88. The van der Waals surface area contributed by atoms with Crippen LogP contribution >= 0.6 is 0 Å². The molecule has 102 valence electrons. The standard InChI is InChI=1S/C11H12F5NO/c1-7(5-17-6-11(14,15)16)18-9-4-2-3-8(12)10(9)13/h2-4,7,17H,5-6H2,1H3. The quantitative estimate of drug-likeness (QED) is 0.830. The second-order valence-corrected chi connectivity index (χ2v) is 3.73. The van der Waals surface area contributed by atoms with Gasteiger partial charge >= 0.3 is 6.18 Å². The van der Waals surface area contributed by atoms with E-state index in [1.54, 1.807) is 0 Å². The Bertz CT molecular complexity index is 394. The van der Waals surface area contributed by atoms with Gasteiger partial charge in [0.1, 0.15) is 6.10 Å². The van der Waals surface area contributed by atoms with Gasteiger partial charge in [0.15, 0.2) is 11.6 Å². The third-order valence-corrected chi connectivity index (χ3v) is 2.00. The van der Waals surface area contributed by atoms with E-state index in [0.717, 1.165) is 6.07 Å². The normalized spacial score (nSPS) is 13.4. The van der Waals surface area contributed by atoms with Gasteiger partial charge in [-0.15, -0.1) is 0 Å².